The average molecular weight is 326 g/mol. The van der Waals surface area contributed by atoms with Crippen molar-refractivity contribution < 1.29 is 12.8 Å². The summed E-state index contributed by atoms with van der Waals surface area (Å²) in [4.78, 5) is 2.18. The molecule has 2 aromatic rings. The molecule has 1 aliphatic rings. The van der Waals surface area contributed by atoms with Crippen LogP contribution < -0.4 is 0 Å². The fraction of sp³-hybridized carbons (Fsp3) is 0.333. The van der Waals surface area contributed by atoms with E-state index in [9.17, 15) is 8.42 Å². The standard InChI is InChI=1S/C15H16ClNO3S/c1-17-7-5-10-12(16)3-4-14-15(10)11(9-17)13(20-14)6-8-21(2,18)19/h3-4,6,8H,5,7,9H2,1-2H3/b8-6+. The van der Waals surface area contributed by atoms with Crippen LogP contribution in [0.3, 0.4) is 0 Å². The molecule has 3 rings (SSSR count). The molecule has 0 fully saturated rings. The van der Waals surface area contributed by atoms with Gasteiger partial charge in [0.15, 0.2) is 9.84 Å². The van der Waals surface area contributed by atoms with Crippen LogP contribution >= 0.6 is 11.6 Å². The van der Waals surface area contributed by atoms with Crippen molar-refractivity contribution in [1.29, 1.82) is 0 Å². The fourth-order valence-electron chi connectivity index (χ4n) is 2.69. The minimum absolute atomic E-state index is 0.590. The average Bonchev–Trinajstić information content (AvgIpc) is 2.62. The van der Waals surface area contributed by atoms with E-state index >= 15 is 0 Å². The second-order valence-corrected chi connectivity index (χ2v) is 7.80. The zero-order valence-corrected chi connectivity index (χ0v) is 13.5. The SMILES string of the molecule is CN1CCc2c(Cl)ccc3oc(/C=C/S(C)(=O)=O)c(c23)C1. The minimum atomic E-state index is -3.19. The monoisotopic (exact) mass is 325 g/mol. The van der Waals surface area contributed by atoms with E-state index in [-0.39, 0.29) is 0 Å². The van der Waals surface area contributed by atoms with E-state index in [0.29, 0.717) is 12.3 Å². The molecule has 0 spiro atoms. The van der Waals surface area contributed by atoms with Gasteiger partial charge in [-0.25, -0.2) is 8.42 Å². The largest absolute Gasteiger partial charge is 0.456 e. The van der Waals surface area contributed by atoms with E-state index in [0.717, 1.165) is 40.1 Å². The van der Waals surface area contributed by atoms with E-state index in [4.69, 9.17) is 16.0 Å². The summed E-state index contributed by atoms with van der Waals surface area (Å²) in [5, 5.41) is 2.94. The van der Waals surface area contributed by atoms with Gasteiger partial charge in [-0.2, -0.15) is 0 Å². The number of rotatable bonds is 2. The van der Waals surface area contributed by atoms with Gasteiger partial charge in [0, 0.05) is 40.7 Å². The first-order chi connectivity index (χ1) is 9.85. The van der Waals surface area contributed by atoms with E-state index < -0.39 is 9.84 Å². The Morgan fingerprint density at radius 3 is 2.81 bits per heavy atom. The molecular weight excluding hydrogens is 310 g/mol. The van der Waals surface area contributed by atoms with Crippen LogP contribution in [0.15, 0.2) is 22.0 Å². The van der Waals surface area contributed by atoms with E-state index in [2.05, 4.69) is 4.90 Å². The van der Waals surface area contributed by atoms with Crippen molar-refractivity contribution in [3.05, 3.63) is 39.5 Å². The summed E-state index contributed by atoms with van der Waals surface area (Å²) in [5.41, 5.74) is 2.84. The highest BCUT2D eigenvalue weighted by molar-refractivity contribution is 7.93. The van der Waals surface area contributed by atoms with Crippen LogP contribution in [0, 0.1) is 0 Å². The number of benzene rings is 1. The van der Waals surface area contributed by atoms with E-state index in [1.807, 2.05) is 19.2 Å². The first-order valence-corrected chi connectivity index (χ1v) is 8.98. The molecule has 112 valence electrons. The fourth-order valence-corrected chi connectivity index (χ4v) is 3.32. The lowest BCUT2D eigenvalue weighted by Gasteiger charge is -2.12. The highest BCUT2D eigenvalue weighted by Crippen LogP contribution is 2.36. The highest BCUT2D eigenvalue weighted by atomic mass is 35.5. The highest BCUT2D eigenvalue weighted by Gasteiger charge is 2.22. The molecule has 0 atom stereocenters. The number of halogens is 1. The zero-order chi connectivity index (χ0) is 15.2. The van der Waals surface area contributed by atoms with Crippen LogP contribution in [0.1, 0.15) is 16.9 Å². The van der Waals surface area contributed by atoms with Crippen LogP contribution in [0.5, 0.6) is 0 Å². The number of hydrogen-bond acceptors (Lipinski definition) is 4. The van der Waals surface area contributed by atoms with Gasteiger partial charge in [-0.1, -0.05) is 11.6 Å². The topological polar surface area (TPSA) is 50.5 Å². The maximum absolute atomic E-state index is 11.3. The van der Waals surface area contributed by atoms with Gasteiger partial charge in [0.05, 0.1) is 0 Å². The molecule has 6 heteroatoms. The summed E-state index contributed by atoms with van der Waals surface area (Å²) in [5.74, 6) is 0.590. The Morgan fingerprint density at radius 2 is 2.10 bits per heavy atom. The lowest BCUT2D eigenvalue weighted by atomic mass is 10.0. The van der Waals surface area contributed by atoms with Gasteiger partial charge in [-0.15, -0.1) is 0 Å². The molecule has 1 aromatic heterocycles. The molecule has 0 amide bonds. The van der Waals surface area contributed by atoms with Crippen LogP contribution in [-0.2, 0) is 22.8 Å². The van der Waals surface area contributed by atoms with Gasteiger partial charge in [0.1, 0.15) is 11.3 Å². The van der Waals surface area contributed by atoms with Gasteiger partial charge >= 0.3 is 0 Å². The normalized spacial score (nSPS) is 16.7. The number of hydrogen-bond donors (Lipinski definition) is 0. The Kier molecular flexibility index (Phi) is 3.59. The maximum Gasteiger partial charge on any atom is 0.168 e. The van der Waals surface area contributed by atoms with Gasteiger partial charge in [-0.3, -0.25) is 0 Å². The summed E-state index contributed by atoms with van der Waals surface area (Å²) >= 11 is 6.31. The van der Waals surface area contributed by atoms with Gasteiger partial charge in [0.25, 0.3) is 0 Å². The predicted molar refractivity (Wildman–Crippen MR) is 85.1 cm³/mol. The van der Waals surface area contributed by atoms with Crippen molar-refractivity contribution >= 4 is 38.5 Å². The maximum atomic E-state index is 11.3. The molecule has 1 aromatic carbocycles. The molecule has 0 unspecified atom stereocenters. The van der Waals surface area contributed by atoms with Gasteiger partial charge in [-0.05, 0) is 37.2 Å². The van der Waals surface area contributed by atoms with Gasteiger partial charge in [0.2, 0.25) is 0 Å². The van der Waals surface area contributed by atoms with Crippen LogP contribution in [0.25, 0.3) is 17.0 Å². The number of sulfone groups is 1. The Balaban J connectivity index is 2.25. The molecule has 0 saturated heterocycles. The second kappa shape index (κ2) is 5.16. The smallest absolute Gasteiger partial charge is 0.168 e. The van der Waals surface area contributed by atoms with Crippen molar-refractivity contribution in [3.8, 4) is 0 Å². The van der Waals surface area contributed by atoms with Crippen molar-refractivity contribution in [2.45, 2.75) is 13.0 Å². The Bertz CT molecular complexity index is 836. The summed E-state index contributed by atoms with van der Waals surface area (Å²) in [6, 6.07) is 3.68. The Hall–Kier alpha value is -1.30. The van der Waals surface area contributed by atoms with Crippen LogP contribution in [0.4, 0.5) is 0 Å². The van der Waals surface area contributed by atoms with Crippen molar-refractivity contribution in [1.82, 2.24) is 4.90 Å². The number of nitrogens with zero attached hydrogens (tertiary/aromatic N) is 1. The summed E-state index contributed by atoms with van der Waals surface area (Å²) in [7, 11) is -1.16. The van der Waals surface area contributed by atoms with E-state index in [1.165, 1.54) is 17.7 Å². The number of furan rings is 1. The van der Waals surface area contributed by atoms with Crippen LogP contribution in [-0.4, -0.2) is 33.2 Å². The first-order valence-electron chi connectivity index (χ1n) is 6.64. The lowest BCUT2D eigenvalue weighted by molar-refractivity contribution is 0.334. The molecule has 0 radical (unpaired) electrons. The molecule has 4 nitrogen and oxygen atoms in total. The summed E-state index contributed by atoms with van der Waals surface area (Å²) in [6.07, 6.45) is 3.55. The third-order valence-electron chi connectivity index (χ3n) is 3.67. The molecule has 0 aliphatic carbocycles. The molecule has 0 bridgehead atoms. The first kappa shape index (κ1) is 14.6. The third-order valence-corrected chi connectivity index (χ3v) is 4.66. The molecule has 1 aliphatic heterocycles. The molecule has 2 heterocycles. The summed E-state index contributed by atoms with van der Waals surface area (Å²) < 4.78 is 28.5. The third kappa shape index (κ3) is 2.86. The van der Waals surface area contributed by atoms with E-state index in [1.54, 1.807) is 0 Å². The quantitative estimate of drug-likeness (QED) is 0.851. The second-order valence-electron chi connectivity index (χ2n) is 5.46. The summed E-state index contributed by atoms with van der Waals surface area (Å²) in [6.45, 7) is 1.62. The molecular formula is C15H16ClNO3S. The van der Waals surface area contributed by atoms with Crippen molar-refractivity contribution in [3.63, 3.8) is 0 Å². The Morgan fingerprint density at radius 1 is 1.33 bits per heavy atom. The molecule has 21 heavy (non-hydrogen) atoms. The van der Waals surface area contributed by atoms with Crippen LogP contribution in [0.2, 0.25) is 5.02 Å². The van der Waals surface area contributed by atoms with Crippen molar-refractivity contribution in [2.75, 3.05) is 19.8 Å². The Labute approximate surface area is 128 Å². The van der Waals surface area contributed by atoms with Gasteiger partial charge < -0.3 is 9.32 Å². The minimum Gasteiger partial charge on any atom is -0.456 e. The molecule has 0 saturated carbocycles. The number of likely N-dealkylation sites (N-methyl/N-ethyl adjacent to an activating group) is 1. The molecule has 0 N–H and O–H groups in total. The lowest BCUT2D eigenvalue weighted by Crippen LogP contribution is -2.18. The predicted octanol–water partition coefficient (Wildman–Crippen LogP) is 3.09. The van der Waals surface area contributed by atoms with Crippen molar-refractivity contribution in [2.24, 2.45) is 0 Å². The zero-order valence-electron chi connectivity index (χ0n) is 11.9.